The Morgan fingerprint density at radius 1 is 1.29 bits per heavy atom. The highest BCUT2D eigenvalue weighted by Gasteiger charge is 2.26. The Bertz CT molecular complexity index is 651. The number of benzene rings is 1. The smallest absolute Gasteiger partial charge is 0.338 e. The molecule has 1 aromatic carbocycles. The van der Waals surface area contributed by atoms with Crippen LogP contribution in [0.5, 0.6) is 11.5 Å². The quantitative estimate of drug-likeness (QED) is 0.586. The van der Waals surface area contributed by atoms with Gasteiger partial charge in [-0.1, -0.05) is 0 Å². The van der Waals surface area contributed by atoms with Gasteiger partial charge in [-0.05, 0) is 30.9 Å². The van der Waals surface area contributed by atoms with E-state index < -0.39 is 15.0 Å². The fourth-order valence-electron chi connectivity index (χ4n) is 1.79. The predicted molar refractivity (Wildman–Crippen MR) is 75.6 cm³/mol. The van der Waals surface area contributed by atoms with E-state index in [-0.39, 0.29) is 22.0 Å². The first kappa shape index (κ1) is 15.9. The van der Waals surface area contributed by atoms with Gasteiger partial charge < -0.3 is 14.2 Å². The van der Waals surface area contributed by atoms with Crippen LogP contribution in [0.15, 0.2) is 17.0 Å². The highest BCUT2D eigenvalue weighted by Crippen LogP contribution is 2.37. The molecule has 6 nitrogen and oxygen atoms in total. The van der Waals surface area contributed by atoms with Crippen molar-refractivity contribution in [3.05, 3.63) is 17.7 Å². The van der Waals surface area contributed by atoms with Crippen molar-refractivity contribution in [3.8, 4) is 11.5 Å². The topological polar surface area (TPSA) is 78.9 Å². The molecule has 1 aliphatic rings. The average molecular weight is 335 g/mol. The first-order chi connectivity index (χ1) is 9.86. The first-order valence-electron chi connectivity index (χ1n) is 6.24. The fraction of sp³-hybridized carbons (Fsp3) is 0.462. The van der Waals surface area contributed by atoms with Crippen LogP contribution in [-0.4, -0.2) is 35.2 Å². The third kappa shape index (κ3) is 3.79. The highest BCUT2D eigenvalue weighted by atomic mass is 35.7. The number of carbonyl (C=O) groups excluding carboxylic acids is 1. The highest BCUT2D eigenvalue weighted by molar-refractivity contribution is 8.13. The second-order valence-corrected chi connectivity index (χ2v) is 7.22. The maximum absolute atomic E-state index is 12.0. The van der Waals surface area contributed by atoms with Crippen LogP contribution in [0.3, 0.4) is 0 Å². The molecule has 2 rings (SSSR count). The van der Waals surface area contributed by atoms with Crippen LogP contribution in [-0.2, 0) is 13.8 Å². The van der Waals surface area contributed by atoms with Crippen LogP contribution >= 0.6 is 10.7 Å². The van der Waals surface area contributed by atoms with Crippen LogP contribution in [0.2, 0.25) is 0 Å². The van der Waals surface area contributed by atoms with E-state index >= 15 is 0 Å². The standard InChI is InChI=1S/C13H15ClO6S/c1-18-10-5-9(13(15)20-7-8-3-4-8)6-11(12(10)19-2)21(14,16)17/h5-6,8H,3-4,7H2,1-2H3. The zero-order chi connectivity index (χ0) is 15.6. The molecule has 116 valence electrons. The molecule has 0 atom stereocenters. The lowest BCUT2D eigenvalue weighted by Crippen LogP contribution is -2.10. The van der Waals surface area contributed by atoms with Crippen LogP contribution < -0.4 is 9.47 Å². The Hall–Kier alpha value is -1.47. The summed E-state index contributed by atoms with van der Waals surface area (Å²) in [7, 11) is 3.90. The van der Waals surface area contributed by atoms with Gasteiger partial charge in [-0.3, -0.25) is 0 Å². The molecule has 1 aromatic rings. The fourth-order valence-corrected chi connectivity index (χ4v) is 2.81. The largest absolute Gasteiger partial charge is 0.493 e. The molecule has 8 heteroatoms. The van der Waals surface area contributed by atoms with Crippen molar-refractivity contribution in [1.29, 1.82) is 0 Å². The van der Waals surface area contributed by atoms with Crippen molar-refractivity contribution in [1.82, 2.24) is 0 Å². The van der Waals surface area contributed by atoms with Gasteiger partial charge in [0.2, 0.25) is 0 Å². The normalized spacial score (nSPS) is 14.6. The Kier molecular flexibility index (Phi) is 4.63. The van der Waals surface area contributed by atoms with Gasteiger partial charge in [-0.25, -0.2) is 13.2 Å². The van der Waals surface area contributed by atoms with E-state index in [4.69, 9.17) is 24.9 Å². The lowest BCUT2D eigenvalue weighted by Gasteiger charge is -2.13. The molecule has 0 radical (unpaired) electrons. The molecule has 0 bridgehead atoms. The summed E-state index contributed by atoms with van der Waals surface area (Å²) in [5.74, 6) is -0.168. The molecule has 1 saturated carbocycles. The van der Waals surface area contributed by atoms with Crippen LogP contribution in [0, 0.1) is 5.92 Å². The summed E-state index contributed by atoms with van der Waals surface area (Å²) in [6.45, 7) is 0.330. The monoisotopic (exact) mass is 334 g/mol. The molecule has 21 heavy (non-hydrogen) atoms. The van der Waals surface area contributed by atoms with Gasteiger partial charge in [-0.2, -0.15) is 0 Å². The lowest BCUT2D eigenvalue weighted by atomic mass is 10.2. The van der Waals surface area contributed by atoms with Crippen molar-refractivity contribution in [3.63, 3.8) is 0 Å². The molecule has 0 N–H and O–H groups in total. The summed E-state index contributed by atoms with van der Waals surface area (Å²) < 4.78 is 38.4. The molecule has 1 aliphatic carbocycles. The summed E-state index contributed by atoms with van der Waals surface area (Å²) >= 11 is 0. The Morgan fingerprint density at radius 2 is 1.95 bits per heavy atom. The Balaban J connectivity index is 2.39. The van der Waals surface area contributed by atoms with Crippen molar-refractivity contribution < 1.29 is 27.4 Å². The predicted octanol–water partition coefficient (Wildman–Crippen LogP) is 2.20. The molecule has 0 heterocycles. The van der Waals surface area contributed by atoms with E-state index in [1.54, 1.807) is 0 Å². The van der Waals surface area contributed by atoms with Gasteiger partial charge in [-0.15, -0.1) is 0 Å². The third-order valence-corrected chi connectivity index (χ3v) is 4.42. The average Bonchev–Trinajstić information content (AvgIpc) is 3.26. The van der Waals surface area contributed by atoms with Crippen LogP contribution in [0.4, 0.5) is 0 Å². The number of rotatable bonds is 6. The zero-order valence-corrected chi connectivity index (χ0v) is 13.2. The summed E-state index contributed by atoms with van der Waals surface area (Å²) in [6.07, 6.45) is 2.08. The van der Waals surface area contributed by atoms with Gasteiger partial charge in [0.05, 0.1) is 26.4 Å². The molecule has 0 aromatic heterocycles. The number of hydrogen-bond donors (Lipinski definition) is 0. The van der Waals surface area contributed by atoms with Crippen molar-refractivity contribution in [2.45, 2.75) is 17.7 Å². The number of halogens is 1. The molecule has 0 amide bonds. The van der Waals surface area contributed by atoms with Crippen molar-refractivity contribution >= 4 is 25.7 Å². The van der Waals surface area contributed by atoms with Crippen LogP contribution in [0.1, 0.15) is 23.2 Å². The number of esters is 1. The van der Waals surface area contributed by atoms with Crippen molar-refractivity contribution in [2.75, 3.05) is 20.8 Å². The molecule has 0 unspecified atom stereocenters. The third-order valence-electron chi connectivity index (χ3n) is 3.09. The number of methoxy groups -OCH3 is 2. The number of hydrogen-bond acceptors (Lipinski definition) is 6. The van der Waals surface area contributed by atoms with Gasteiger partial charge in [0.15, 0.2) is 11.5 Å². The minimum atomic E-state index is -4.09. The molecular formula is C13H15ClO6S. The summed E-state index contributed by atoms with van der Waals surface area (Å²) in [5.41, 5.74) is 0.0486. The minimum Gasteiger partial charge on any atom is -0.493 e. The molecule has 0 saturated heterocycles. The minimum absolute atomic E-state index is 0.0486. The second-order valence-electron chi connectivity index (χ2n) is 4.69. The first-order valence-corrected chi connectivity index (χ1v) is 8.55. The molecule has 0 spiro atoms. The Morgan fingerprint density at radius 3 is 2.43 bits per heavy atom. The van der Waals surface area contributed by atoms with E-state index in [9.17, 15) is 13.2 Å². The zero-order valence-electron chi connectivity index (χ0n) is 11.6. The van der Waals surface area contributed by atoms with Crippen LogP contribution in [0.25, 0.3) is 0 Å². The maximum atomic E-state index is 12.0. The lowest BCUT2D eigenvalue weighted by molar-refractivity contribution is 0.0485. The summed E-state index contributed by atoms with van der Waals surface area (Å²) in [6, 6.07) is 2.48. The summed E-state index contributed by atoms with van der Waals surface area (Å²) in [4.78, 5) is 11.6. The van der Waals surface area contributed by atoms with Gasteiger partial charge >= 0.3 is 5.97 Å². The molecular weight excluding hydrogens is 320 g/mol. The van der Waals surface area contributed by atoms with E-state index in [1.165, 1.54) is 20.3 Å². The van der Waals surface area contributed by atoms with Gasteiger partial charge in [0, 0.05) is 10.7 Å². The van der Waals surface area contributed by atoms with Gasteiger partial charge in [0.25, 0.3) is 9.05 Å². The number of carbonyl (C=O) groups is 1. The van der Waals surface area contributed by atoms with E-state index in [1.807, 2.05) is 0 Å². The van der Waals surface area contributed by atoms with Crippen molar-refractivity contribution in [2.24, 2.45) is 5.92 Å². The molecule has 0 aliphatic heterocycles. The van der Waals surface area contributed by atoms with E-state index in [0.29, 0.717) is 12.5 Å². The van der Waals surface area contributed by atoms with Gasteiger partial charge in [0.1, 0.15) is 4.90 Å². The second kappa shape index (κ2) is 6.11. The Labute approximate surface area is 127 Å². The van der Waals surface area contributed by atoms with E-state index in [2.05, 4.69) is 0 Å². The molecule has 1 fully saturated rings. The maximum Gasteiger partial charge on any atom is 0.338 e. The SMILES string of the molecule is COc1cc(C(=O)OCC2CC2)cc(S(=O)(=O)Cl)c1OC. The van der Waals surface area contributed by atoms with E-state index in [0.717, 1.165) is 18.9 Å². The summed E-state index contributed by atoms with van der Waals surface area (Å²) in [5, 5.41) is 0. The number of ether oxygens (including phenoxy) is 3.